The topological polar surface area (TPSA) is 55.1 Å². The van der Waals surface area contributed by atoms with E-state index >= 15 is 0 Å². The summed E-state index contributed by atoms with van der Waals surface area (Å²) in [7, 11) is 0. The Bertz CT molecular complexity index is 182. The second-order valence-corrected chi connectivity index (χ2v) is 5.45. The third-order valence-corrected chi connectivity index (χ3v) is 2.09. The monoisotopic (exact) mass is 200 g/mol. The molecule has 0 heterocycles. The summed E-state index contributed by atoms with van der Waals surface area (Å²) in [6.07, 6.45) is 0.424. The fourth-order valence-electron chi connectivity index (χ4n) is 0.886. The molecule has 0 aliphatic carbocycles. The first-order valence-electron chi connectivity index (χ1n) is 5.24. The van der Waals surface area contributed by atoms with Gasteiger partial charge < -0.3 is 11.1 Å². The average molecular weight is 200 g/mol. The van der Waals surface area contributed by atoms with Gasteiger partial charge in [0.1, 0.15) is 0 Å². The Balaban J connectivity index is 3.77. The van der Waals surface area contributed by atoms with Crippen molar-refractivity contribution in [2.24, 2.45) is 17.1 Å². The minimum atomic E-state index is -0.0324. The summed E-state index contributed by atoms with van der Waals surface area (Å²) in [5, 5.41) is 2.89. The number of hydrogen-bond donors (Lipinski definition) is 2. The van der Waals surface area contributed by atoms with Gasteiger partial charge in [0.25, 0.3) is 0 Å². The van der Waals surface area contributed by atoms with E-state index < -0.39 is 0 Å². The Morgan fingerprint density at radius 3 is 2.21 bits per heavy atom. The minimum absolute atomic E-state index is 0.0324. The van der Waals surface area contributed by atoms with Crippen LogP contribution in [0.15, 0.2) is 0 Å². The van der Waals surface area contributed by atoms with E-state index in [0.29, 0.717) is 18.9 Å². The first-order valence-corrected chi connectivity index (χ1v) is 5.24. The van der Waals surface area contributed by atoms with Crippen LogP contribution in [-0.2, 0) is 4.79 Å². The molecule has 0 aliphatic rings. The SMILES string of the molecule is CC(C)C(N)CC(=O)NCC(C)(C)C. The van der Waals surface area contributed by atoms with E-state index in [9.17, 15) is 4.79 Å². The van der Waals surface area contributed by atoms with Crippen LogP contribution >= 0.6 is 0 Å². The van der Waals surface area contributed by atoms with E-state index in [4.69, 9.17) is 5.73 Å². The second kappa shape index (κ2) is 5.35. The van der Waals surface area contributed by atoms with Crippen LogP contribution in [0.25, 0.3) is 0 Å². The van der Waals surface area contributed by atoms with Crippen molar-refractivity contribution in [3.05, 3.63) is 0 Å². The van der Waals surface area contributed by atoms with Gasteiger partial charge in [-0.05, 0) is 11.3 Å². The van der Waals surface area contributed by atoms with Crippen LogP contribution in [0.3, 0.4) is 0 Å². The van der Waals surface area contributed by atoms with Crippen LogP contribution in [0, 0.1) is 11.3 Å². The normalized spacial score (nSPS) is 14.2. The molecule has 3 nitrogen and oxygen atoms in total. The van der Waals surface area contributed by atoms with Gasteiger partial charge in [-0.25, -0.2) is 0 Å². The molecule has 14 heavy (non-hydrogen) atoms. The van der Waals surface area contributed by atoms with Crippen LogP contribution in [0.2, 0.25) is 0 Å². The quantitative estimate of drug-likeness (QED) is 0.723. The fraction of sp³-hybridized carbons (Fsp3) is 0.909. The highest BCUT2D eigenvalue weighted by Gasteiger charge is 2.15. The Morgan fingerprint density at radius 1 is 1.36 bits per heavy atom. The van der Waals surface area contributed by atoms with E-state index in [1.807, 2.05) is 13.8 Å². The molecule has 0 spiro atoms. The van der Waals surface area contributed by atoms with Gasteiger partial charge in [0.2, 0.25) is 5.91 Å². The molecule has 0 radical (unpaired) electrons. The maximum atomic E-state index is 11.4. The van der Waals surface area contributed by atoms with Gasteiger partial charge >= 0.3 is 0 Å². The van der Waals surface area contributed by atoms with Crippen molar-refractivity contribution in [3.63, 3.8) is 0 Å². The summed E-state index contributed by atoms with van der Waals surface area (Å²) in [5.41, 5.74) is 5.93. The van der Waals surface area contributed by atoms with Crippen molar-refractivity contribution in [2.75, 3.05) is 6.54 Å². The smallest absolute Gasteiger partial charge is 0.221 e. The molecule has 0 saturated carbocycles. The standard InChI is InChI=1S/C11H24N2O/c1-8(2)9(12)6-10(14)13-7-11(3,4)5/h8-9H,6-7,12H2,1-5H3,(H,13,14). The maximum absolute atomic E-state index is 11.4. The maximum Gasteiger partial charge on any atom is 0.221 e. The highest BCUT2D eigenvalue weighted by Crippen LogP contribution is 2.10. The van der Waals surface area contributed by atoms with Crippen molar-refractivity contribution in [1.82, 2.24) is 5.32 Å². The largest absolute Gasteiger partial charge is 0.356 e. The van der Waals surface area contributed by atoms with Gasteiger partial charge in [0, 0.05) is 19.0 Å². The van der Waals surface area contributed by atoms with E-state index in [0.717, 1.165) is 0 Å². The van der Waals surface area contributed by atoms with E-state index in [1.54, 1.807) is 0 Å². The number of hydrogen-bond acceptors (Lipinski definition) is 2. The number of nitrogens with two attached hydrogens (primary N) is 1. The predicted molar refractivity (Wildman–Crippen MR) is 59.9 cm³/mol. The van der Waals surface area contributed by atoms with Gasteiger partial charge in [-0.1, -0.05) is 34.6 Å². The molecule has 1 amide bonds. The van der Waals surface area contributed by atoms with Crippen molar-refractivity contribution >= 4 is 5.91 Å². The first-order chi connectivity index (χ1) is 6.22. The molecular formula is C11H24N2O. The van der Waals surface area contributed by atoms with Crippen molar-refractivity contribution in [2.45, 2.75) is 47.1 Å². The van der Waals surface area contributed by atoms with E-state index in [2.05, 4.69) is 26.1 Å². The molecule has 1 unspecified atom stereocenters. The Morgan fingerprint density at radius 2 is 1.86 bits per heavy atom. The van der Waals surface area contributed by atoms with E-state index in [-0.39, 0.29) is 17.4 Å². The van der Waals surface area contributed by atoms with Crippen molar-refractivity contribution < 1.29 is 4.79 Å². The lowest BCUT2D eigenvalue weighted by Crippen LogP contribution is -2.38. The number of carbonyl (C=O) groups is 1. The highest BCUT2D eigenvalue weighted by atomic mass is 16.1. The van der Waals surface area contributed by atoms with Gasteiger partial charge in [-0.15, -0.1) is 0 Å². The zero-order valence-electron chi connectivity index (χ0n) is 10.1. The molecule has 0 saturated heterocycles. The van der Waals surface area contributed by atoms with Crippen molar-refractivity contribution in [3.8, 4) is 0 Å². The number of amides is 1. The molecular weight excluding hydrogens is 176 g/mol. The van der Waals surface area contributed by atoms with Gasteiger partial charge in [-0.3, -0.25) is 4.79 Å². The summed E-state index contributed by atoms with van der Waals surface area (Å²) in [6, 6.07) is -0.0324. The molecule has 0 rings (SSSR count). The van der Waals surface area contributed by atoms with Crippen LogP contribution in [0.5, 0.6) is 0 Å². The van der Waals surface area contributed by atoms with Crippen molar-refractivity contribution in [1.29, 1.82) is 0 Å². The molecule has 84 valence electrons. The Hall–Kier alpha value is -0.570. The summed E-state index contributed by atoms with van der Waals surface area (Å²) >= 11 is 0. The molecule has 0 aromatic rings. The van der Waals surface area contributed by atoms with Crippen LogP contribution < -0.4 is 11.1 Å². The molecule has 0 aliphatic heterocycles. The fourth-order valence-corrected chi connectivity index (χ4v) is 0.886. The molecule has 0 fully saturated rings. The number of nitrogens with one attached hydrogen (secondary N) is 1. The molecule has 0 aromatic carbocycles. The molecule has 0 aromatic heterocycles. The zero-order chi connectivity index (χ0) is 11.4. The number of carbonyl (C=O) groups excluding carboxylic acids is 1. The Kier molecular flexibility index (Phi) is 5.13. The minimum Gasteiger partial charge on any atom is -0.356 e. The predicted octanol–water partition coefficient (Wildman–Crippen LogP) is 1.52. The first kappa shape index (κ1) is 13.4. The molecule has 3 N–H and O–H groups in total. The summed E-state index contributed by atoms with van der Waals surface area (Å²) < 4.78 is 0. The molecule has 0 bridgehead atoms. The lowest BCUT2D eigenvalue weighted by molar-refractivity contribution is -0.122. The second-order valence-electron chi connectivity index (χ2n) is 5.45. The summed E-state index contributed by atoms with van der Waals surface area (Å²) in [6.45, 7) is 11.0. The average Bonchev–Trinajstić information content (AvgIpc) is 1.99. The van der Waals surface area contributed by atoms with Gasteiger partial charge in [0.05, 0.1) is 0 Å². The van der Waals surface area contributed by atoms with Crippen LogP contribution in [0.1, 0.15) is 41.0 Å². The third-order valence-electron chi connectivity index (χ3n) is 2.09. The lowest BCUT2D eigenvalue weighted by Gasteiger charge is -2.20. The Labute approximate surface area is 87.4 Å². The van der Waals surface area contributed by atoms with Gasteiger partial charge in [-0.2, -0.15) is 0 Å². The van der Waals surface area contributed by atoms with Crippen LogP contribution in [0.4, 0.5) is 0 Å². The molecule has 1 atom stereocenters. The lowest BCUT2D eigenvalue weighted by atomic mass is 9.96. The number of rotatable bonds is 4. The third kappa shape index (κ3) is 6.89. The zero-order valence-corrected chi connectivity index (χ0v) is 10.1. The summed E-state index contributed by atoms with van der Waals surface area (Å²) in [4.78, 5) is 11.4. The van der Waals surface area contributed by atoms with Gasteiger partial charge in [0.15, 0.2) is 0 Å². The van der Waals surface area contributed by atoms with E-state index in [1.165, 1.54) is 0 Å². The highest BCUT2D eigenvalue weighted by molar-refractivity contribution is 5.76. The van der Waals surface area contributed by atoms with Crippen LogP contribution in [-0.4, -0.2) is 18.5 Å². The molecule has 3 heteroatoms. The summed E-state index contributed by atoms with van der Waals surface area (Å²) in [5.74, 6) is 0.413.